The van der Waals surface area contributed by atoms with E-state index in [4.69, 9.17) is 9.15 Å². The van der Waals surface area contributed by atoms with Crippen LogP contribution in [0.2, 0.25) is 0 Å². The molecule has 0 aliphatic rings. The van der Waals surface area contributed by atoms with Crippen LogP contribution < -0.4 is 10.4 Å². The summed E-state index contributed by atoms with van der Waals surface area (Å²) in [5, 5.41) is 11.7. The normalized spacial score (nSPS) is 12.2. The summed E-state index contributed by atoms with van der Waals surface area (Å²) in [5.74, 6) is 0.666. The molecule has 0 saturated heterocycles. The highest BCUT2D eigenvalue weighted by atomic mass is 16.5. The summed E-state index contributed by atoms with van der Waals surface area (Å²) in [6.07, 6.45) is 0. The van der Waals surface area contributed by atoms with Crippen LogP contribution in [0.1, 0.15) is 0 Å². The Bertz CT molecular complexity index is 1880. The maximum Gasteiger partial charge on any atom is 0.344 e. The van der Waals surface area contributed by atoms with E-state index in [0.717, 1.165) is 32.3 Å². The summed E-state index contributed by atoms with van der Waals surface area (Å²) in [7, 11) is 1.60. The van der Waals surface area contributed by atoms with Crippen LogP contribution in [-0.2, 0) is 0 Å². The Balaban J connectivity index is 1.73. The number of fused-ring (bicyclic) bond motifs is 6. The second-order valence-corrected chi connectivity index (χ2v) is 8.07. The lowest BCUT2D eigenvalue weighted by molar-refractivity contribution is 0.414. The Hall–Kier alpha value is -4.11. The number of methoxy groups -OCH3 is 1. The van der Waals surface area contributed by atoms with Gasteiger partial charge in [0, 0.05) is 16.8 Å². The second kappa shape index (κ2) is 5.73. The zero-order chi connectivity index (χ0) is 20.7. The highest BCUT2D eigenvalue weighted by molar-refractivity contribution is 6.31. The molecular formula is C28H16O3. The fourth-order valence-electron chi connectivity index (χ4n) is 5.15. The predicted molar refractivity (Wildman–Crippen MR) is 128 cm³/mol. The predicted octanol–water partition coefficient (Wildman–Crippen LogP) is 7.01. The lowest BCUT2D eigenvalue weighted by Crippen LogP contribution is -2.01. The summed E-state index contributed by atoms with van der Waals surface area (Å²) in [6.45, 7) is 0. The van der Waals surface area contributed by atoms with Crippen molar-refractivity contribution in [1.29, 1.82) is 0 Å². The van der Waals surface area contributed by atoms with E-state index in [1.807, 2.05) is 18.2 Å². The van der Waals surface area contributed by atoms with Crippen LogP contribution in [0.15, 0.2) is 88.1 Å². The van der Waals surface area contributed by atoms with Gasteiger partial charge in [-0.15, -0.1) is 0 Å². The van der Waals surface area contributed by atoms with Gasteiger partial charge in [0.1, 0.15) is 11.3 Å². The largest absolute Gasteiger partial charge is 0.497 e. The van der Waals surface area contributed by atoms with Crippen molar-refractivity contribution in [3.8, 4) is 5.75 Å². The van der Waals surface area contributed by atoms with Crippen molar-refractivity contribution in [2.75, 3.05) is 7.11 Å². The summed E-state index contributed by atoms with van der Waals surface area (Å²) in [4.78, 5) is 13.1. The van der Waals surface area contributed by atoms with Crippen molar-refractivity contribution in [2.45, 2.75) is 0 Å². The van der Waals surface area contributed by atoms with Gasteiger partial charge in [0.15, 0.2) is 0 Å². The number of ether oxygens (including phenoxy) is 1. The zero-order valence-electron chi connectivity index (χ0n) is 16.7. The van der Waals surface area contributed by atoms with Gasteiger partial charge in [-0.25, -0.2) is 4.79 Å². The Morgan fingerprint density at radius 2 is 1.29 bits per heavy atom. The SMILES string of the molecule is COc1ccc2c(c1)oc(=O)c1c2ccc2c1cc1ccc3cccc4ccc2c1c34. The quantitative estimate of drug-likeness (QED) is 0.169. The van der Waals surface area contributed by atoms with Crippen LogP contribution in [0.4, 0.5) is 0 Å². The molecule has 1 heterocycles. The smallest absolute Gasteiger partial charge is 0.344 e. The Kier molecular flexibility index (Phi) is 3.08. The number of benzene rings is 6. The standard InChI is InChI=1S/C28H16O3/c1-30-18-8-10-20-22-12-11-19-21-9-7-16-4-2-3-15-5-6-17(26(21)25(15)16)13-23(19)27(22)28(29)31-24(20)14-18/h2-14H,1H3. The van der Waals surface area contributed by atoms with Gasteiger partial charge in [0.05, 0.1) is 12.5 Å². The van der Waals surface area contributed by atoms with Crippen LogP contribution in [0.3, 0.4) is 0 Å². The van der Waals surface area contributed by atoms with Gasteiger partial charge in [0.25, 0.3) is 0 Å². The highest BCUT2D eigenvalue weighted by Crippen LogP contribution is 2.40. The first-order valence-electron chi connectivity index (χ1n) is 10.3. The molecule has 0 N–H and O–H groups in total. The van der Waals surface area contributed by atoms with Crippen molar-refractivity contribution < 1.29 is 9.15 Å². The molecule has 3 heteroatoms. The first kappa shape index (κ1) is 16.7. The van der Waals surface area contributed by atoms with E-state index in [9.17, 15) is 4.79 Å². The second-order valence-electron chi connectivity index (χ2n) is 8.07. The first-order chi connectivity index (χ1) is 15.2. The maximum atomic E-state index is 13.1. The first-order valence-corrected chi connectivity index (χ1v) is 10.3. The molecule has 0 bridgehead atoms. The van der Waals surface area contributed by atoms with Gasteiger partial charge >= 0.3 is 5.63 Å². The average molecular weight is 400 g/mol. The third-order valence-corrected chi connectivity index (χ3v) is 6.53. The summed E-state index contributed by atoms with van der Waals surface area (Å²) >= 11 is 0. The molecule has 0 fully saturated rings. The number of rotatable bonds is 1. The van der Waals surface area contributed by atoms with Crippen molar-refractivity contribution in [3.05, 3.63) is 89.3 Å². The van der Waals surface area contributed by atoms with Gasteiger partial charge < -0.3 is 9.15 Å². The van der Waals surface area contributed by atoms with Crippen LogP contribution in [-0.4, -0.2) is 7.11 Å². The van der Waals surface area contributed by atoms with Crippen molar-refractivity contribution in [2.24, 2.45) is 0 Å². The summed E-state index contributed by atoms with van der Waals surface area (Å²) in [6, 6.07) is 27.0. The lowest BCUT2D eigenvalue weighted by atomic mass is 9.89. The minimum Gasteiger partial charge on any atom is -0.497 e. The summed E-state index contributed by atoms with van der Waals surface area (Å²) in [5.41, 5.74) is 0.211. The van der Waals surface area contributed by atoms with Crippen molar-refractivity contribution in [1.82, 2.24) is 0 Å². The monoisotopic (exact) mass is 400 g/mol. The van der Waals surface area contributed by atoms with Crippen LogP contribution in [0, 0.1) is 0 Å². The van der Waals surface area contributed by atoms with E-state index in [1.165, 1.54) is 21.5 Å². The van der Waals surface area contributed by atoms with E-state index in [0.29, 0.717) is 16.7 Å². The molecule has 6 aromatic carbocycles. The molecule has 31 heavy (non-hydrogen) atoms. The zero-order valence-corrected chi connectivity index (χ0v) is 16.7. The molecule has 7 aromatic rings. The van der Waals surface area contributed by atoms with Gasteiger partial charge in [-0.2, -0.15) is 0 Å². The topological polar surface area (TPSA) is 39.4 Å². The fraction of sp³-hybridized carbons (Fsp3) is 0.0357. The van der Waals surface area contributed by atoms with Crippen LogP contribution in [0.25, 0.3) is 64.8 Å². The average Bonchev–Trinajstić information content (AvgIpc) is 2.81. The molecule has 0 aliphatic heterocycles. The molecule has 0 atom stereocenters. The molecule has 146 valence electrons. The lowest BCUT2D eigenvalue weighted by Gasteiger charge is -2.14. The van der Waals surface area contributed by atoms with Crippen molar-refractivity contribution >= 4 is 64.8 Å². The van der Waals surface area contributed by atoms with Crippen molar-refractivity contribution in [3.63, 3.8) is 0 Å². The Morgan fingerprint density at radius 1 is 0.613 bits per heavy atom. The molecule has 0 amide bonds. The van der Waals surface area contributed by atoms with Gasteiger partial charge in [-0.1, -0.05) is 54.6 Å². The molecule has 0 spiro atoms. The third kappa shape index (κ3) is 2.10. The van der Waals surface area contributed by atoms with Gasteiger partial charge in [-0.3, -0.25) is 0 Å². The maximum absolute atomic E-state index is 13.1. The fourth-order valence-corrected chi connectivity index (χ4v) is 5.15. The van der Waals surface area contributed by atoms with E-state index < -0.39 is 0 Å². The number of hydrogen-bond donors (Lipinski definition) is 0. The van der Waals surface area contributed by atoms with E-state index >= 15 is 0 Å². The molecule has 0 radical (unpaired) electrons. The van der Waals surface area contributed by atoms with E-state index in [-0.39, 0.29) is 5.63 Å². The molecule has 3 nitrogen and oxygen atoms in total. The summed E-state index contributed by atoms with van der Waals surface area (Å²) < 4.78 is 11.0. The molecule has 1 aromatic heterocycles. The number of hydrogen-bond acceptors (Lipinski definition) is 3. The Labute approximate surface area is 176 Å². The molecule has 0 unspecified atom stereocenters. The van der Waals surface area contributed by atoms with Gasteiger partial charge in [-0.05, 0) is 61.3 Å². The third-order valence-electron chi connectivity index (χ3n) is 6.53. The molecular weight excluding hydrogens is 384 g/mol. The molecule has 0 saturated carbocycles. The minimum atomic E-state index is -0.325. The van der Waals surface area contributed by atoms with E-state index in [2.05, 4.69) is 54.6 Å². The van der Waals surface area contributed by atoms with E-state index in [1.54, 1.807) is 13.2 Å². The highest BCUT2D eigenvalue weighted by Gasteiger charge is 2.16. The molecule has 0 aliphatic carbocycles. The van der Waals surface area contributed by atoms with Crippen LogP contribution >= 0.6 is 0 Å². The molecule has 7 rings (SSSR count). The van der Waals surface area contributed by atoms with Gasteiger partial charge in [0.2, 0.25) is 0 Å². The Morgan fingerprint density at radius 3 is 2.13 bits per heavy atom. The van der Waals surface area contributed by atoms with Crippen LogP contribution in [0.5, 0.6) is 5.75 Å². The minimum absolute atomic E-state index is 0.325.